The van der Waals surface area contributed by atoms with Crippen molar-refractivity contribution >= 4 is 27.3 Å². The summed E-state index contributed by atoms with van der Waals surface area (Å²) in [5.41, 5.74) is -1.81. The smallest absolute Gasteiger partial charge is 0.332 e. The Labute approximate surface area is 181 Å². The minimum Gasteiger partial charge on any atom is -0.332 e. The van der Waals surface area contributed by atoms with Crippen LogP contribution in [0.2, 0.25) is 5.02 Å². The van der Waals surface area contributed by atoms with Crippen LogP contribution in [-0.4, -0.2) is 32.3 Å². The second-order valence-corrected chi connectivity index (χ2v) is 9.92. The van der Waals surface area contributed by atoms with Crippen molar-refractivity contribution in [3.63, 3.8) is 0 Å². The summed E-state index contributed by atoms with van der Waals surface area (Å²) in [4.78, 5) is 10.9. The van der Waals surface area contributed by atoms with Crippen molar-refractivity contribution in [2.45, 2.75) is 35.7 Å². The summed E-state index contributed by atoms with van der Waals surface area (Å²) in [6, 6.07) is 6.12. The number of piperidine rings is 1. The standard InChI is InChI=1S/C20H19ClF4N2O3S/c1-12-15(21)4-2-5-17(12)31(29,30)19(8-3-9-26-11-19)27-18(28)13-6-7-16(22)14(10-13)20(23,24)25/h2,4-7,10,26H,3,8-9,11H2,1H3,(H,27,28)/t19-/m0/s1. The largest absolute Gasteiger partial charge is 0.419 e. The van der Waals surface area contributed by atoms with E-state index in [-0.39, 0.29) is 22.9 Å². The molecule has 1 heterocycles. The Morgan fingerprint density at radius 1 is 1.23 bits per heavy atom. The Morgan fingerprint density at radius 2 is 1.94 bits per heavy atom. The van der Waals surface area contributed by atoms with Crippen LogP contribution in [0, 0.1) is 12.7 Å². The summed E-state index contributed by atoms with van der Waals surface area (Å²) in [7, 11) is -4.20. The average molecular weight is 479 g/mol. The molecule has 0 aliphatic carbocycles. The van der Waals surface area contributed by atoms with Gasteiger partial charge in [0.05, 0.1) is 10.5 Å². The van der Waals surface area contributed by atoms with Crippen molar-refractivity contribution in [1.82, 2.24) is 10.6 Å². The van der Waals surface area contributed by atoms with Crippen molar-refractivity contribution in [2.24, 2.45) is 0 Å². The third kappa shape index (κ3) is 4.42. The number of nitrogens with one attached hydrogen (secondary N) is 2. The molecule has 1 saturated heterocycles. The molecule has 1 atom stereocenters. The van der Waals surface area contributed by atoms with Gasteiger partial charge in [0.1, 0.15) is 5.82 Å². The zero-order chi connectivity index (χ0) is 23.0. The Morgan fingerprint density at radius 3 is 2.55 bits per heavy atom. The van der Waals surface area contributed by atoms with Crippen LogP contribution in [0.15, 0.2) is 41.3 Å². The van der Waals surface area contributed by atoms with Gasteiger partial charge in [-0.2, -0.15) is 13.2 Å². The van der Waals surface area contributed by atoms with Gasteiger partial charge in [-0.15, -0.1) is 0 Å². The van der Waals surface area contributed by atoms with Gasteiger partial charge < -0.3 is 10.6 Å². The number of halogens is 5. The first-order chi connectivity index (χ1) is 14.4. The first-order valence-corrected chi connectivity index (χ1v) is 11.1. The minimum absolute atomic E-state index is 0.0351. The number of alkyl halides is 3. The molecule has 0 saturated carbocycles. The van der Waals surface area contributed by atoms with Crippen LogP contribution in [-0.2, 0) is 16.0 Å². The number of hydrogen-bond donors (Lipinski definition) is 2. The second kappa shape index (κ2) is 8.40. The van der Waals surface area contributed by atoms with Crippen LogP contribution in [0.25, 0.3) is 0 Å². The fraction of sp³-hybridized carbons (Fsp3) is 0.350. The second-order valence-electron chi connectivity index (χ2n) is 7.29. The molecule has 0 spiro atoms. The van der Waals surface area contributed by atoms with Crippen LogP contribution in [0.4, 0.5) is 17.6 Å². The lowest BCUT2D eigenvalue weighted by Crippen LogP contribution is -2.62. The molecule has 2 aromatic carbocycles. The van der Waals surface area contributed by atoms with Crippen molar-refractivity contribution in [3.05, 3.63) is 63.9 Å². The number of benzene rings is 2. The highest BCUT2D eigenvalue weighted by Crippen LogP contribution is 2.35. The zero-order valence-electron chi connectivity index (χ0n) is 16.3. The van der Waals surface area contributed by atoms with E-state index in [1.165, 1.54) is 25.1 Å². The van der Waals surface area contributed by atoms with Crippen LogP contribution >= 0.6 is 11.6 Å². The van der Waals surface area contributed by atoms with E-state index in [4.69, 9.17) is 11.6 Å². The van der Waals surface area contributed by atoms with Gasteiger partial charge in [-0.3, -0.25) is 4.79 Å². The molecular weight excluding hydrogens is 460 g/mol. The molecule has 11 heteroatoms. The van der Waals surface area contributed by atoms with Crippen molar-refractivity contribution in [1.29, 1.82) is 0 Å². The van der Waals surface area contributed by atoms with Gasteiger partial charge in [0.25, 0.3) is 5.91 Å². The molecule has 0 bridgehead atoms. The summed E-state index contributed by atoms with van der Waals surface area (Å²) >= 11 is 6.07. The topological polar surface area (TPSA) is 75.3 Å². The number of sulfone groups is 1. The Bertz CT molecular complexity index is 1110. The highest BCUT2D eigenvalue weighted by molar-refractivity contribution is 7.93. The van der Waals surface area contributed by atoms with Crippen molar-refractivity contribution in [2.75, 3.05) is 13.1 Å². The van der Waals surface area contributed by atoms with E-state index in [2.05, 4.69) is 10.6 Å². The van der Waals surface area contributed by atoms with Crippen LogP contribution < -0.4 is 10.6 Å². The third-order valence-electron chi connectivity index (χ3n) is 5.24. The lowest BCUT2D eigenvalue weighted by atomic mass is 10.0. The van der Waals surface area contributed by atoms with E-state index >= 15 is 0 Å². The van der Waals surface area contributed by atoms with Gasteiger partial charge in [-0.1, -0.05) is 17.7 Å². The fourth-order valence-electron chi connectivity index (χ4n) is 3.53. The van der Waals surface area contributed by atoms with Gasteiger partial charge in [0.15, 0.2) is 4.87 Å². The summed E-state index contributed by atoms with van der Waals surface area (Å²) in [6.45, 7) is 1.88. The van der Waals surface area contributed by atoms with E-state index in [0.717, 1.165) is 6.07 Å². The molecule has 31 heavy (non-hydrogen) atoms. The Hall–Kier alpha value is -2.17. The predicted molar refractivity (Wildman–Crippen MR) is 107 cm³/mol. The van der Waals surface area contributed by atoms with Gasteiger partial charge in [0.2, 0.25) is 9.84 Å². The summed E-state index contributed by atoms with van der Waals surface area (Å²) in [5, 5.41) is 5.55. The first-order valence-electron chi connectivity index (χ1n) is 9.29. The van der Waals surface area contributed by atoms with Crippen molar-refractivity contribution < 1.29 is 30.8 Å². The van der Waals surface area contributed by atoms with Gasteiger partial charge >= 0.3 is 6.18 Å². The van der Waals surface area contributed by atoms with E-state index < -0.39 is 43.7 Å². The number of hydrogen-bond acceptors (Lipinski definition) is 4. The number of carbonyl (C=O) groups excluding carboxylic acids is 1. The molecule has 1 aliphatic heterocycles. The van der Waals surface area contributed by atoms with Gasteiger partial charge in [0, 0.05) is 17.1 Å². The van der Waals surface area contributed by atoms with E-state index in [0.29, 0.717) is 30.7 Å². The van der Waals surface area contributed by atoms with Crippen molar-refractivity contribution in [3.8, 4) is 0 Å². The SMILES string of the molecule is Cc1c(Cl)cccc1S(=O)(=O)[C@@]1(NC(=O)c2ccc(F)c(C(F)(F)F)c2)CCCNC1. The molecule has 5 nitrogen and oxygen atoms in total. The highest BCUT2D eigenvalue weighted by Gasteiger charge is 2.48. The average Bonchev–Trinajstić information content (AvgIpc) is 2.70. The molecule has 1 aliphatic rings. The predicted octanol–water partition coefficient (Wildman–Crippen LogP) is 4.09. The lowest BCUT2D eigenvalue weighted by Gasteiger charge is -2.38. The normalized spacial score (nSPS) is 19.8. The van der Waals surface area contributed by atoms with Gasteiger partial charge in [-0.05, 0) is 62.2 Å². The summed E-state index contributed by atoms with van der Waals surface area (Å²) in [6.07, 6.45) is -4.57. The maximum absolute atomic E-state index is 13.6. The van der Waals surface area contributed by atoms with E-state index in [1.54, 1.807) is 0 Å². The monoisotopic (exact) mass is 478 g/mol. The van der Waals surface area contributed by atoms with E-state index in [9.17, 15) is 30.8 Å². The molecule has 2 aromatic rings. The zero-order valence-corrected chi connectivity index (χ0v) is 17.9. The Kier molecular flexibility index (Phi) is 6.37. The lowest BCUT2D eigenvalue weighted by molar-refractivity contribution is -0.140. The third-order valence-corrected chi connectivity index (χ3v) is 8.15. The Balaban J connectivity index is 2.05. The molecule has 1 fully saturated rings. The van der Waals surface area contributed by atoms with Crippen LogP contribution in [0.1, 0.15) is 34.3 Å². The fourth-order valence-corrected chi connectivity index (χ4v) is 5.89. The maximum Gasteiger partial charge on any atom is 0.419 e. The molecule has 1 amide bonds. The number of carbonyl (C=O) groups is 1. The maximum atomic E-state index is 13.6. The van der Waals surface area contributed by atoms with Crippen LogP contribution in [0.3, 0.4) is 0 Å². The molecule has 0 aromatic heterocycles. The summed E-state index contributed by atoms with van der Waals surface area (Å²) < 4.78 is 79.8. The van der Waals surface area contributed by atoms with E-state index in [1.807, 2.05) is 0 Å². The molecule has 0 radical (unpaired) electrons. The minimum atomic E-state index is -5.01. The molecular formula is C20H19ClF4N2O3S. The molecule has 3 rings (SSSR count). The summed E-state index contributed by atoms with van der Waals surface area (Å²) in [5.74, 6) is -2.59. The molecule has 2 N–H and O–H groups in total. The van der Waals surface area contributed by atoms with Gasteiger partial charge in [-0.25, -0.2) is 12.8 Å². The number of rotatable bonds is 4. The number of amides is 1. The first kappa shape index (κ1) is 23.5. The molecule has 168 valence electrons. The molecule has 0 unspecified atom stereocenters. The highest BCUT2D eigenvalue weighted by atomic mass is 35.5. The quantitative estimate of drug-likeness (QED) is 0.649. The van der Waals surface area contributed by atoms with Crippen LogP contribution in [0.5, 0.6) is 0 Å².